The van der Waals surface area contributed by atoms with E-state index in [1.807, 2.05) is 0 Å². The number of rotatable bonds is 6. The minimum Gasteiger partial charge on any atom is -0.449 e. The molecule has 0 fully saturated rings. The van der Waals surface area contributed by atoms with Crippen LogP contribution in [0.2, 0.25) is 0 Å². The van der Waals surface area contributed by atoms with Gasteiger partial charge in [-0.25, -0.2) is 4.79 Å². The maximum absolute atomic E-state index is 12.9. The van der Waals surface area contributed by atoms with Gasteiger partial charge in [0.1, 0.15) is 11.4 Å². The fourth-order valence-electron chi connectivity index (χ4n) is 2.72. The Morgan fingerprint density at radius 2 is 1.62 bits per heavy atom. The van der Waals surface area contributed by atoms with Crippen LogP contribution in [-0.2, 0) is 6.18 Å². The number of hydrogen-bond donors (Lipinski definition) is 2. The number of aromatic amines is 2. The predicted octanol–water partition coefficient (Wildman–Crippen LogP) is 4.62. The van der Waals surface area contributed by atoms with E-state index in [1.165, 1.54) is 24.3 Å². The monoisotopic (exact) mass is 542 g/mol. The average Bonchev–Trinajstić information content (AvgIpc) is 2.72. The minimum absolute atomic E-state index is 0.0237. The highest BCUT2D eigenvalue weighted by Crippen LogP contribution is 2.39. The summed E-state index contributed by atoms with van der Waals surface area (Å²) in [4.78, 5) is 47.3. The van der Waals surface area contributed by atoms with Gasteiger partial charge in [-0.1, -0.05) is 12.1 Å². The topological polar surface area (TPSA) is 161 Å². The lowest BCUT2D eigenvalue weighted by atomic mass is 10.1. The molecule has 0 radical (unpaired) electrons. The fourth-order valence-corrected chi connectivity index (χ4v) is 3.20. The van der Waals surface area contributed by atoms with E-state index in [0.717, 1.165) is 12.1 Å². The van der Waals surface area contributed by atoms with E-state index in [4.69, 9.17) is 4.74 Å². The summed E-state index contributed by atoms with van der Waals surface area (Å²) in [7, 11) is 0. The molecule has 0 saturated heterocycles. The Bertz CT molecular complexity index is 1450. The van der Waals surface area contributed by atoms with Crippen molar-refractivity contribution in [2.24, 2.45) is 0 Å². The summed E-state index contributed by atoms with van der Waals surface area (Å²) in [5.74, 6) is -0.408. The van der Waals surface area contributed by atoms with Crippen molar-refractivity contribution >= 4 is 39.5 Å². The average molecular weight is 543 g/mol. The van der Waals surface area contributed by atoms with Gasteiger partial charge in [0, 0.05) is 6.07 Å². The molecule has 0 spiro atoms. The minimum atomic E-state index is -4.78. The number of nitrogens with one attached hydrogen (secondary N) is 2. The van der Waals surface area contributed by atoms with Gasteiger partial charge < -0.3 is 9.72 Å². The second-order valence-corrected chi connectivity index (χ2v) is 7.34. The molecule has 0 aliphatic carbocycles. The summed E-state index contributed by atoms with van der Waals surface area (Å²) >= 11 is 3.17. The summed E-state index contributed by atoms with van der Waals surface area (Å²) in [6.45, 7) is 0. The third-order valence-electron chi connectivity index (χ3n) is 4.23. The van der Waals surface area contributed by atoms with Crippen LogP contribution < -0.4 is 16.0 Å². The van der Waals surface area contributed by atoms with E-state index < -0.39 is 50.0 Å². The molecule has 2 aromatic carbocycles. The van der Waals surface area contributed by atoms with Gasteiger partial charge in [0.15, 0.2) is 0 Å². The first-order chi connectivity index (χ1) is 15.9. The van der Waals surface area contributed by atoms with Gasteiger partial charge in [-0.2, -0.15) is 13.2 Å². The quantitative estimate of drug-likeness (QED) is 0.339. The summed E-state index contributed by atoms with van der Waals surface area (Å²) in [6, 6.07) is 6.00. The molecule has 15 heteroatoms. The number of halogens is 4. The number of nitro groups is 2. The van der Waals surface area contributed by atoms with Crippen LogP contribution in [0.25, 0.3) is 12.2 Å². The van der Waals surface area contributed by atoms with E-state index in [1.54, 1.807) is 4.98 Å². The molecule has 0 aliphatic heterocycles. The second kappa shape index (κ2) is 9.30. The number of hydrogen-bond acceptors (Lipinski definition) is 7. The highest BCUT2D eigenvalue weighted by Gasteiger charge is 2.33. The van der Waals surface area contributed by atoms with Crippen molar-refractivity contribution < 1.29 is 27.8 Å². The molecular formula is C19H10BrF3N4O7. The molecule has 3 aromatic rings. The Labute approximate surface area is 193 Å². The summed E-state index contributed by atoms with van der Waals surface area (Å²) in [5, 5.41) is 22.3. The number of benzene rings is 2. The van der Waals surface area contributed by atoms with Gasteiger partial charge in [-0.15, -0.1) is 0 Å². The molecule has 0 saturated carbocycles. The smallest absolute Gasteiger partial charge is 0.416 e. The van der Waals surface area contributed by atoms with E-state index in [-0.39, 0.29) is 15.9 Å². The van der Waals surface area contributed by atoms with Crippen LogP contribution in [0.5, 0.6) is 11.5 Å². The maximum atomic E-state index is 12.9. The number of nitrogens with zero attached hydrogens (tertiary/aromatic N) is 2. The fraction of sp³-hybridized carbons (Fsp3) is 0.0526. The Morgan fingerprint density at radius 1 is 0.941 bits per heavy atom. The molecule has 2 N–H and O–H groups in total. The van der Waals surface area contributed by atoms with E-state index in [2.05, 4.69) is 20.9 Å². The van der Waals surface area contributed by atoms with Crippen LogP contribution in [0.4, 0.5) is 24.5 Å². The Morgan fingerprint density at radius 3 is 2.21 bits per heavy atom. The molecule has 3 rings (SSSR count). The van der Waals surface area contributed by atoms with Gasteiger partial charge >= 0.3 is 28.8 Å². The SMILES string of the molecule is O=c1[nH]c(/C=C\c2ccc(Oc3ccc(C(F)(F)F)cc3[N+](=O)[O-])c(Br)c2)c([N+](=O)[O-])c(=O)[nH]1. The van der Waals surface area contributed by atoms with Crippen LogP contribution in [-0.4, -0.2) is 19.8 Å². The third-order valence-corrected chi connectivity index (χ3v) is 4.85. The van der Waals surface area contributed by atoms with Crippen molar-refractivity contribution in [1.29, 1.82) is 0 Å². The van der Waals surface area contributed by atoms with Crippen molar-refractivity contribution in [3.8, 4) is 11.5 Å². The van der Waals surface area contributed by atoms with Crippen LogP contribution in [0.3, 0.4) is 0 Å². The number of alkyl halides is 3. The number of aromatic nitrogens is 2. The number of nitro benzene ring substituents is 1. The van der Waals surface area contributed by atoms with Crippen molar-refractivity contribution in [2.45, 2.75) is 6.18 Å². The van der Waals surface area contributed by atoms with Crippen molar-refractivity contribution in [3.05, 3.63) is 98.8 Å². The lowest BCUT2D eigenvalue weighted by Crippen LogP contribution is -2.25. The van der Waals surface area contributed by atoms with Gasteiger partial charge in [0.25, 0.3) is 0 Å². The largest absolute Gasteiger partial charge is 0.449 e. The van der Waals surface area contributed by atoms with Crippen LogP contribution in [0.1, 0.15) is 16.8 Å². The number of H-pyrrole nitrogens is 2. The van der Waals surface area contributed by atoms with Gasteiger partial charge in [-0.05, 0) is 51.8 Å². The van der Waals surface area contributed by atoms with Gasteiger partial charge in [-0.3, -0.25) is 30.0 Å². The molecule has 0 bridgehead atoms. The normalized spacial score (nSPS) is 11.5. The molecule has 1 heterocycles. The Hall–Kier alpha value is -4.27. The summed E-state index contributed by atoms with van der Waals surface area (Å²) < 4.78 is 44.2. The molecule has 1 aromatic heterocycles. The second-order valence-electron chi connectivity index (χ2n) is 6.49. The molecule has 0 unspecified atom stereocenters. The van der Waals surface area contributed by atoms with Crippen LogP contribution in [0.15, 0.2) is 50.5 Å². The molecule has 0 atom stereocenters. The first-order valence-electron chi connectivity index (χ1n) is 8.89. The summed E-state index contributed by atoms with van der Waals surface area (Å²) in [6.07, 6.45) is -2.33. The van der Waals surface area contributed by atoms with Crippen LogP contribution >= 0.6 is 15.9 Å². The molecule has 0 aliphatic rings. The zero-order valence-electron chi connectivity index (χ0n) is 16.4. The van der Waals surface area contributed by atoms with E-state index in [9.17, 15) is 43.0 Å². The molecule has 176 valence electrons. The summed E-state index contributed by atoms with van der Waals surface area (Å²) in [5.41, 5.74) is -5.05. The molecule has 0 amide bonds. The van der Waals surface area contributed by atoms with Crippen molar-refractivity contribution in [3.63, 3.8) is 0 Å². The molecular weight excluding hydrogens is 533 g/mol. The Kier molecular flexibility index (Phi) is 6.67. The highest BCUT2D eigenvalue weighted by atomic mass is 79.9. The first kappa shape index (κ1) is 24.4. The highest BCUT2D eigenvalue weighted by molar-refractivity contribution is 9.10. The first-order valence-corrected chi connectivity index (χ1v) is 9.68. The lowest BCUT2D eigenvalue weighted by molar-refractivity contribution is -0.386. The molecule has 34 heavy (non-hydrogen) atoms. The van der Waals surface area contributed by atoms with Crippen LogP contribution in [0, 0.1) is 20.2 Å². The zero-order valence-corrected chi connectivity index (χ0v) is 18.0. The lowest BCUT2D eigenvalue weighted by Gasteiger charge is -2.11. The van der Waals surface area contributed by atoms with Gasteiger partial charge in [0.2, 0.25) is 5.75 Å². The van der Waals surface area contributed by atoms with Gasteiger partial charge in [0.05, 0.1) is 19.9 Å². The molecule has 11 nitrogen and oxygen atoms in total. The maximum Gasteiger partial charge on any atom is 0.416 e. The zero-order chi connectivity index (χ0) is 25.2. The predicted molar refractivity (Wildman–Crippen MR) is 116 cm³/mol. The van der Waals surface area contributed by atoms with Crippen molar-refractivity contribution in [1.82, 2.24) is 9.97 Å². The number of ether oxygens (including phenoxy) is 1. The van der Waals surface area contributed by atoms with E-state index in [0.29, 0.717) is 17.7 Å². The third kappa shape index (κ3) is 5.37. The van der Waals surface area contributed by atoms with Crippen molar-refractivity contribution in [2.75, 3.05) is 0 Å². The van der Waals surface area contributed by atoms with E-state index >= 15 is 0 Å². The Balaban J connectivity index is 1.92. The standard InChI is InChI=1S/C19H10BrF3N4O7/c20-11-7-9(1-4-12-16(27(32)33)17(28)25-18(29)24-12)2-5-14(11)34-15-6-3-10(19(21,22)23)8-13(15)26(30)31/h1-8H,(H2,24,25,28,29)/b4-1-.